The van der Waals surface area contributed by atoms with Crippen LogP contribution in [0, 0.1) is 11.7 Å². The third kappa shape index (κ3) is 4.43. The molecule has 2 aromatic carbocycles. The summed E-state index contributed by atoms with van der Waals surface area (Å²) < 4.78 is 42.8. The monoisotopic (exact) mass is 462 g/mol. The molecule has 0 aliphatic heterocycles. The molecular weight excluding hydrogens is 439 g/mol. The van der Waals surface area contributed by atoms with Gasteiger partial charge < -0.3 is 15.3 Å². The number of hydrogen-bond acceptors (Lipinski definition) is 7. The van der Waals surface area contributed by atoms with E-state index in [1.54, 1.807) is 24.3 Å². The highest BCUT2D eigenvalue weighted by atomic mass is 32.2. The third-order valence-corrected chi connectivity index (χ3v) is 7.19. The van der Waals surface area contributed by atoms with Gasteiger partial charge >= 0.3 is 0 Å². The van der Waals surface area contributed by atoms with Crippen molar-refractivity contribution in [3.05, 3.63) is 66.6 Å². The number of aliphatic hydroxyl groups excluding tert-OH is 3. The van der Waals surface area contributed by atoms with Crippen LogP contribution in [0.3, 0.4) is 0 Å². The zero-order valence-corrected chi connectivity index (χ0v) is 17.7. The third-order valence-electron chi connectivity index (χ3n) is 5.68. The summed E-state index contributed by atoms with van der Waals surface area (Å²) >= 11 is 0. The number of rotatable bonds is 6. The van der Waals surface area contributed by atoms with Crippen molar-refractivity contribution < 1.29 is 28.1 Å². The summed E-state index contributed by atoms with van der Waals surface area (Å²) in [5.41, 5.74) is 0.771. The first-order chi connectivity index (χ1) is 15.3. The zero-order valence-electron chi connectivity index (χ0n) is 16.9. The number of benzene rings is 2. The van der Waals surface area contributed by atoms with Crippen LogP contribution in [-0.4, -0.2) is 63.6 Å². The summed E-state index contributed by atoms with van der Waals surface area (Å²) in [5, 5.41) is 39.5. The lowest BCUT2D eigenvalue weighted by Gasteiger charge is -2.42. The van der Waals surface area contributed by atoms with Gasteiger partial charge in [0.15, 0.2) is 0 Å². The van der Waals surface area contributed by atoms with Gasteiger partial charge in [0.25, 0.3) is 0 Å². The molecule has 0 radical (unpaired) electrons. The van der Waals surface area contributed by atoms with E-state index in [4.69, 9.17) is 0 Å². The second kappa shape index (κ2) is 9.04. The first-order valence-corrected chi connectivity index (χ1v) is 11.5. The van der Waals surface area contributed by atoms with Crippen molar-refractivity contribution in [3.8, 4) is 11.3 Å². The van der Waals surface area contributed by atoms with Gasteiger partial charge in [-0.2, -0.15) is 0 Å². The van der Waals surface area contributed by atoms with Crippen LogP contribution in [0.15, 0.2) is 65.7 Å². The molecule has 0 spiro atoms. The Kier molecular flexibility index (Phi) is 6.35. The van der Waals surface area contributed by atoms with Crippen LogP contribution < -0.4 is 4.72 Å². The number of nitrogens with one attached hydrogen (secondary N) is 1. The van der Waals surface area contributed by atoms with Gasteiger partial charge in [0.1, 0.15) is 17.6 Å². The average molecular weight is 463 g/mol. The van der Waals surface area contributed by atoms with Crippen molar-refractivity contribution in [2.24, 2.45) is 5.92 Å². The van der Waals surface area contributed by atoms with Gasteiger partial charge in [0.2, 0.25) is 10.0 Å². The first-order valence-electron chi connectivity index (χ1n) is 10.0. The average Bonchev–Trinajstić information content (AvgIpc) is 3.26. The largest absolute Gasteiger partial charge is 0.396 e. The lowest BCUT2D eigenvalue weighted by molar-refractivity contribution is -0.0793. The van der Waals surface area contributed by atoms with E-state index in [1.165, 1.54) is 41.2 Å². The van der Waals surface area contributed by atoms with Crippen molar-refractivity contribution in [1.82, 2.24) is 19.7 Å². The Morgan fingerprint density at radius 3 is 2.53 bits per heavy atom. The lowest BCUT2D eigenvalue weighted by atomic mass is 9.78. The highest BCUT2D eigenvalue weighted by Gasteiger charge is 2.46. The minimum Gasteiger partial charge on any atom is -0.396 e. The Balaban J connectivity index is 1.63. The van der Waals surface area contributed by atoms with E-state index < -0.39 is 52.7 Å². The molecule has 3 aromatic rings. The molecule has 5 atom stereocenters. The summed E-state index contributed by atoms with van der Waals surface area (Å²) in [4.78, 5) is 0.0320. The Morgan fingerprint density at radius 1 is 1.09 bits per heavy atom. The van der Waals surface area contributed by atoms with Crippen LogP contribution in [0.4, 0.5) is 4.39 Å². The van der Waals surface area contributed by atoms with E-state index in [2.05, 4.69) is 15.0 Å². The number of aromatic nitrogens is 3. The Labute approximate surface area is 184 Å². The van der Waals surface area contributed by atoms with E-state index in [9.17, 15) is 28.1 Å². The fraction of sp³-hybridized carbons (Fsp3) is 0.333. The van der Waals surface area contributed by atoms with Gasteiger partial charge in [-0.1, -0.05) is 35.5 Å². The van der Waals surface area contributed by atoms with Crippen molar-refractivity contribution in [2.75, 3.05) is 6.61 Å². The quantitative estimate of drug-likeness (QED) is 0.423. The van der Waals surface area contributed by atoms with Crippen molar-refractivity contribution in [1.29, 1.82) is 0 Å². The lowest BCUT2D eigenvalue weighted by Crippen LogP contribution is -2.57. The predicted molar refractivity (Wildman–Crippen MR) is 112 cm³/mol. The van der Waals surface area contributed by atoms with Gasteiger partial charge in [-0.3, -0.25) is 0 Å². The normalized spacial score (nSPS) is 26.2. The van der Waals surface area contributed by atoms with Gasteiger partial charge in [-0.05, 0) is 30.7 Å². The molecule has 1 aliphatic rings. The summed E-state index contributed by atoms with van der Waals surface area (Å²) in [6.45, 7) is -0.417. The van der Waals surface area contributed by atoms with Gasteiger partial charge in [-0.25, -0.2) is 22.2 Å². The fourth-order valence-electron chi connectivity index (χ4n) is 4.01. The highest BCUT2D eigenvalue weighted by molar-refractivity contribution is 7.89. The molecule has 1 aliphatic carbocycles. The molecule has 1 fully saturated rings. The van der Waals surface area contributed by atoms with E-state index in [1.807, 2.05) is 0 Å². The van der Waals surface area contributed by atoms with E-state index in [0.717, 1.165) is 0 Å². The van der Waals surface area contributed by atoms with Crippen LogP contribution in [0.1, 0.15) is 12.5 Å². The number of hydrogen-bond donors (Lipinski definition) is 4. The molecular formula is C21H23FN4O5S. The van der Waals surface area contributed by atoms with Crippen LogP contribution >= 0.6 is 0 Å². The van der Waals surface area contributed by atoms with Gasteiger partial charge in [0.05, 0.1) is 29.3 Å². The second-order valence-corrected chi connectivity index (χ2v) is 9.50. The van der Waals surface area contributed by atoms with Crippen molar-refractivity contribution in [3.63, 3.8) is 0 Å². The van der Waals surface area contributed by atoms with Crippen molar-refractivity contribution in [2.45, 2.75) is 35.6 Å². The standard InChI is InChI=1S/C21H23FN4O5S/c22-15-6-4-5-13(9-15)18-11-26(25-23-18)19-20(28)14(12-27)10-17(21(19)29)24-32(30,31)16-7-2-1-3-8-16/h1-9,11,14,17,19-21,24,27-29H,10,12H2. The minimum absolute atomic E-state index is 0.0207. The maximum atomic E-state index is 13.6. The number of nitrogens with zero attached hydrogens (tertiary/aromatic N) is 3. The van der Waals surface area contributed by atoms with E-state index in [-0.39, 0.29) is 11.3 Å². The Morgan fingerprint density at radius 2 is 1.84 bits per heavy atom. The molecule has 4 N–H and O–H groups in total. The molecule has 0 bridgehead atoms. The molecule has 1 saturated carbocycles. The molecule has 1 heterocycles. The van der Waals surface area contributed by atoms with Crippen LogP contribution in [0.2, 0.25) is 0 Å². The van der Waals surface area contributed by atoms with Crippen LogP contribution in [0.5, 0.6) is 0 Å². The number of sulfonamides is 1. The summed E-state index contributed by atoms with van der Waals surface area (Å²) in [7, 11) is -3.95. The van der Waals surface area contributed by atoms with Crippen molar-refractivity contribution >= 4 is 10.0 Å². The number of halogens is 1. The van der Waals surface area contributed by atoms with Crippen LogP contribution in [-0.2, 0) is 10.0 Å². The SMILES string of the molecule is O=S(=O)(NC1CC(CO)C(O)C(n2cc(-c3cccc(F)c3)nn2)C1O)c1ccccc1. The van der Waals surface area contributed by atoms with Gasteiger partial charge in [-0.15, -0.1) is 5.10 Å². The zero-order chi connectivity index (χ0) is 22.9. The molecule has 32 heavy (non-hydrogen) atoms. The smallest absolute Gasteiger partial charge is 0.240 e. The molecule has 5 unspecified atom stereocenters. The topological polar surface area (TPSA) is 138 Å². The molecule has 1 aromatic heterocycles. The molecule has 11 heteroatoms. The second-order valence-electron chi connectivity index (χ2n) is 7.79. The fourth-order valence-corrected chi connectivity index (χ4v) is 5.29. The van der Waals surface area contributed by atoms with Crippen LogP contribution in [0.25, 0.3) is 11.3 Å². The number of aliphatic hydroxyl groups is 3. The minimum atomic E-state index is -3.95. The Hall–Kier alpha value is -2.70. The first kappa shape index (κ1) is 22.5. The maximum Gasteiger partial charge on any atom is 0.240 e. The van der Waals surface area contributed by atoms with E-state index in [0.29, 0.717) is 11.3 Å². The molecule has 170 valence electrons. The molecule has 0 saturated heterocycles. The Bertz CT molecular complexity index is 1170. The van der Waals surface area contributed by atoms with Gasteiger partial charge in [0, 0.05) is 18.1 Å². The van der Waals surface area contributed by atoms with E-state index >= 15 is 0 Å². The summed E-state index contributed by atoms with van der Waals surface area (Å²) in [6, 6.07) is 11.3. The summed E-state index contributed by atoms with van der Waals surface area (Å²) in [6.07, 6.45) is -1.12. The molecule has 0 amide bonds. The molecule has 4 rings (SSSR count). The maximum absolute atomic E-state index is 13.6. The predicted octanol–water partition coefficient (Wildman–Crippen LogP) is 0.706. The molecule has 9 nitrogen and oxygen atoms in total. The highest BCUT2D eigenvalue weighted by Crippen LogP contribution is 2.34. The summed E-state index contributed by atoms with van der Waals surface area (Å²) in [5.74, 6) is -1.17.